The van der Waals surface area contributed by atoms with Gasteiger partial charge >= 0.3 is 5.69 Å². The molecule has 1 atom stereocenters. The van der Waals surface area contributed by atoms with E-state index in [0.717, 1.165) is 0 Å². The Bertz CT molecular complexity index is 1050. The van der Waals surface area contributed by atoms with E-state index in [1.807, 2.05) is 32.0 Å². The Morgan fingerprint density at radius 2 is 1.96 bits per heavy atom. The fraction of sp³-hybridized carbons (Fsp3) is 0.421. The summed E-state index contributed by atoms with van der Waals surface area (Å²) in [5.41, 5.74) is -0.590. The van der Waals surface area contributed by atoms with Crippen LogP contribution in [0.5, 0.6) is 5.75 Å². The van der Waals surface area contributed by atoms with E-state index in [-0.39, 0.29) is 24.3 Å². The number of hydrogen-bond acceptors (Lipinski definition) is 6. The molecule has 0 spiro atoms. The van der Waals surface area contributed by atoms with Crippen LogP contribution in [0.4, 0.5) is 5.95 Å². The number of H-pyrrole nitrogens is 1. The Labute approximate surface area is 161 Å². The van der Waals surface area contributed by atoms with Crippen molar-refractivity contribution >= 4 is 17.1 Å². The molecule has 0 aliphatic carbocycles. The summed E-state index contributed by atoms with van der Waals surface area (Å²) >= 11 is 0. The van der Waals surface area contributed by atoms with Gasteiger partial charge in [-0.1, -0.05) is 32.0 Å². The molecular weight excluding hydrogens is 362 g/mol. The average Bonchev–Trinajstić information content (AvgIpc) is 3.02. The van der Waals surface area contributed by atoms with E-state index in [2.05, 4.69) is 15.3 Å². The highest BCUT2D eigenvalue weighted by molar-refractivity contribution is 5.74. The predicted molar refractivity (Wildman–Crippen MR) is 107 cm³/mol. The second-order valence-electron chi connectivity index (χ2n) is 7.09. The quantitative estimate of drug-likeness (QED) is 0.530. The Kier molecular flexibility index (Phi) is 5.84. The Balaban J connectivity index is 1.90. The summed E-state index contributed by atoms with van der Waals surface area (Å²) in [6.07, 6.45) is -0.881. The van der Waals surface area contributed by atoms with Crippen LogP contribution in [-0.4, -0.2) is 43.5 Å². The van der Waals surface area contributed by atoms with Crippen molar-refractivity contribution in [2.75, 3.05) is 18.5 Å². The first kappa shape index (κ1) is 19.7. The molecule has 0 radical (unpaired) electrons. The normalized spacial score (nSPS) is 12.5. The van der Waals surface area contributed by atoms with E-state index in [1.54, 1.807) is 23.7 Å². The van der Waals surface area contributed by atoms with Crippen LogP contribution in [0.1, 0.15) is 13.8 Å². The zero-order chi connectivity index (χ0) is 20.3. The number of aromatic nitrogens is 4. The number of aromatic amines is 1. The molecule has 2 aromatic heterocycles. The van der Waals surface area contributed by atoms with Crippen molar-refractivity contribution in [3.05, 3.63) is 51.2 Å². The predicted octanol–water partition coefficient (Wildman–Crippen LogP) is 0.931. The smallest absolute Gasteiger partial charge is 0.329 e. The highest BCUT2D eigenvalue weighted by Gasteiger charge is 2.20. The van der Waals surface area contributed by atoms with Crippen LogP contribution in [0.3, 0.4) is 0 Å². The maximum atomic E-state index is 12.4. The minimum atomic E-state index is -0.881. The van der Waals surface area contributed by atoms with Gasteiger partial charge in [0.2, 0.25) is 5.95 Å². The zero-order valence-corrected chi connectivity index (χ0v) is 16.2. The lowest BCUT2D eigenvalue weighted by Crippen LogP contribution is -2.31. The van der Waals surface area contributed by atoms with Crippen LogP contribution in [0.15, 0.2) is 39.9 Å². The van der Waals surface area contributed by atoms with Crippen LogP contribution >= 0.6 is 0 Å². The molecule has 1 aromatic carbocycles. The van der Waals surface area contributed by atoms with Gasteiger partial charge in [0.1, 0.15) is 18.5 Å². The molecule has 3 rings (SSSR count). The van der Waals surface area contributed by atoms with E-state index in [1.165, 1.54) is 4.57 Å². The third-order valence-corrected chi connectivity index (χ3v) is 4.25. The Hall–Kier alpha value is -3.07. The summed E-state index contributed by atoms with van der Waals surface area (Å²) in [4.78, 5) is 31.0. The molecule has 0 fully saturated rings. The number of aliphatic hydroxyl groups excluding tert-OH is 1. The minimum absolute atomic E-state index is 0.0526. The lowest BCUT2D eigenvalue weighted by molar-refractivity contribution is 0.0938. The fourth-order valence-electron chi connectivity index (χ4n) is 2.82. The van der Waals surface area contributed by atoms with E-state index in [4.69, 9.17) is 4.74 Å². The summed E-state index contributed by atoms with van der Waals surface area (Å²) in [7, 11) is 1.54. The summed E-state index contributed by atoms with van der Waals surface area (Å²) in [6.45, 7) is 4.87. The number of nitrogens with zero attached hydrogens (tertiary/aromatic N) is 3. The Morgan fingerprint density at radius 3 is 2.64 bits per heavy atom. The van der Waals surface area contributed by atoms with Crippen LogP contribution < -0.4 is 21.3 Å². The topological polar surface area (TPSA) is 114 Å². The van der Waals surface area contributed by atoms with Crippen molar-refractivity contribution in [1.29, 1.82) is 0 Å². The first-order chi connectivity index (χ1) is 13.4. The number of hydrogen-bond donors (Lipinski definition) is 3. The number of rotatable bonds is 8. The number of nitrogens with one attached hydrogen (secondary N) is 2. The van der Waals surface area contributed by atoms with Gasteiger partial charge in [0, 0.05) is 13.6 Å². The summed E-state index contributed by atoms with van der Waals surface area (Å²) in [5.74, 6) is 1.42. The lowest BCUT2D eigenvalue weighted by atomic mass is 10.2. The lowest BCUT2D eigenvalue weighted by Gasteiger charge is -2.16. The number of para-hydroxylation sites is 1. The number of ether oxygens (including phenoxy) is 1. The number of anilines is 1. The van der Waals surface area contributed by atoms with Gasteiger partial charge < -0.3 is 19.7 Å². The van der Waals surface area contributed by atoms with Crippen LogP contribution in [0, 0.1) is 5.92 Å². The molecule has 1 unspecified atom stereocenters. The molecule has 0 amide bonds. The number of benzene rings is 1. The molecule has 150 valence electrons. The monoisotopic (exact) mass is 387 g/mol. The molecule has 0 saturated carbocycles. The molecule has 2 heterocycles. The van der Waals surface area contributed by atoms with Gasteiger partial charge in [0.15, 0.2) is 11.2 Å². The van der Waals surface area contributed by atoms with Crippen molar-refractivity contribution in [3.8, 4) is 5.75 Å². The van der Waals surface area contributed by atoms with Gasteiger partial charge in [-0.2, -0.15) is 4.98 Å². The molecule has 3 aromatic rings. The number of imidazole rings is 1. The summed E-state index contributed by atoms with van der Waals surface area (Å²) in [6, 6.07) is 9.17. The summed E-state index contributed by atoms with van der Waals surface area (Å²) < 4.78 is 8.47. The van der Waals surface area contributed by atoms with Crippen molar-refractivity contribution in [2.45, 2.75) is 26.5 Å². The second-order valence-corrected chi connectivity index (χ2v) is 7.09. The molecule has 9 heteroatoms. The van der Waals surface area contributed by atoms with Crippen molar-refractivity contribution < 1.29 is 9.84 Å². The number of fused-ring (bicyclic) bond motifs is 1. The average molecular weight is 387 g/mol. The molecule has 0 aliphatic heterocycles. The maximum absolute atomic E-state index is 12.4. The molecule has 3 N–H and O–H groups in total. The first-order valence-electron chi connectivity index (χ1n) is 9.16. The van der Waals surface area contributed by atoms with Gasteiger partial charge in [-0.15, -0.1) is 0 Å². The van der Waals surface area contributed by atoms with Gasteiger partial charge in [-0.25, -0.2) is 4.79 Å². The molecule has 9 nitrogen and oxygen atoms in total. The highest BCUT2D eigenvalue weighted by Crippen LogP contribution is 2.17. The molecule has 0 aliphatic rings. The van der Waals surface area contributed by atoms with Crippen LogP contribution in [0.25, 0.3) is 11.2 Å². The molecule has 0 bridgehead atoms. The fourth-order valence-corrected chi connectivity index (χ4v) is 2.82. The highest BCUT2D eigenvalue weighted by atomic mass is 16.5. The third kappa shape index (κ3) is 4.25. The molecule has 28 heavy (non-hydrogen) atoms. The number of aryl methyl sites for hydroxylation is 1. The molecular formula is C19H25N5O4. The minimum Gasteiger partial charge on any atom is -0.491 e. The van der Waals surface area contributed by atoms with Gasteiger partial charge in [-0.05, 0) is 18.1 Å². The largest absolute Gasteiger partial charge is 0.491 e. The van der Waals surface area contributed by atoms with Gasteiger partial charge in [0.25, 0.3) is 5.56 Å². The zero-order valence-electron chi connectivity index (χ0n) is 16.2. The summed E-state index contributed by atoms with van der Waals surface area (Å²) in [5, 5.41) is 13.7. The van der Waals surface area contributed by atoms with E-state index in [9.17, 15) is 14.7 Å². The van der Waals surface area contributed by atoms with Crippen LogP contribution in [-0.2, 0) is 13.6 Å². The standard InChI is InChI=1S/C19H25N5O4/c1-12(2)9-20-18-21-16-15(17(26)22-19(27)23(16)3)24(18)10-13(25)11-28-14-7-5-4-6-8-14/h4-8,12-13,25H,9-11H2,1-3H3,(H,20,21)(H,22,26,27). The molecule has 0 saturated heterocycles. The van der Waals surface area contributed by atoms with E-state index in [0.29, 0.717) is 24.2 Å². The number of aliphatic hydroxyl groups is 1. The SMILES string of the molecule is CC(C)CNc1nc2c(c(=O)[nH]c(=O)n2C)n1CC(O)COc1ccccc1. The Morgan fingerprint density at radius 1 is 1.25 bits per heavy atom. The van der Waals surface area contributed by atoms with Crippen molar-refractivity contribution in [2.24, 2.45) is 13.0 Å². The van der Waals surface area contributed by atoms with Crippen LogP contribution in [0.2, 0.25) is 0 Å². The van der Waals surface area contributed by atoms with Gasteiger partial charge in [-0.3, -0.25) is 14.3 Å². The maximum Gasteiger partial charge on any atom is 0.329 e. The van der Waals surface area contributed by atoms with E-state index >= 15 is 0 Å². The third-order valence-electron chi connectivity index (χ3n) is 4.25. The van der Waals surface area contributed by atoms with E-state index < -0.39 is 17.4 Å². The second kappa shape index (κ2) is 8.30. The van der Waals surface area contributed by atoms with Crippen molar-refractivity contribution in [1.82, 2.24) is 19.1 Å². The van der Waals surface area contributed by atoms with Crippen molar-refractivity contribution in [3.63, 3.8) is 0 Å². The van der Waals surface area contributed by atoms with Gasteiger partial charge in [0.05, 0.1) is 6.54 Å². The first-order valence-corrected chi connectivity index (χ1v) is 9.16.